The molecule has 2 aromatic rings. The summed E-state index contributed by atoms with van der Waals surface area (Å²) in [5, 5.41) is 2.01. The topological polar surface area (TPSA) is 12.9 Å². The second-order valence-corrected chi connectivity index (χ2v) is 5.21. The Bertz CT molecular complexity index is 538. The van der Waals surface area contributed by atoms with E-state index in [1.807, 2.05) is 13.1 Å². The fraction of sp³-hybridized carbons (Fsp3) is 0.357. The molecule has 2 heteroatoms. The van der Waals surface area contributed by atoms with Gasteiger partial charge in [-0.25, -0.2) is 4.39 Å². The van der Waals surface area contributed by atoms with Crippen LogP contribution in [0.1, 0.15) is 31.9 Å². The minimum Gasteiger partial charge on any atom is -0.264 e. The van der Waals surface area contributed by atoms with E-state index in [0.717, 1.165) is 16.3 Å². The zero-order valence-electron chi connectivity index (χ0n) is 10.1. The smallest absolute Gasteiger partial charge is 0.126 e. The lowest BCUT2D eigenvalue weighted by molar-refractivity contribution is 0.590. The van der Waals surface area contributed by atoms with Crippen molar-refractivity contribution in [2.45, 2.75) is 33.1 Å². The summed E-state index contributed by atoms with van der Waals surface area (Å²) in [6.45, 7) is 8.18. The Kier molecular flexibility index (Phi) is 2.45. The maximum atomic E-state index is 13.6. The first-order valence-electron chi connectivity index (χ1n) is 5.44. The number of aromatic nitrogens is 1. The summed E-state index contributed by atoms with van der Waals surface area (Å²) >= 11 is 0. The quantitative estimate of drug-likeness (QED) is 0.650. The number of hydrogen-bond acceptors (Lipinski definition) is 1. The van der Waals surface area contributed by atoms with Gasteiger partial charge in [0.25, 0.3) is 0 Å². The molecule has 0 spiro atoms. The Balaban J connectivity index is 2.91. The first-order chi connectivity index (χ1) is 7.41. The first-order valence-corrected chi connectivity index (χ1v) is 5.44. The van der Waals surface area contributed by atoms with Gasteiger partial charge < -0.3 is 0 Å². The number of rotatable bonds is 0. The fourth-order valence-electron chi connectivity index (χ4n) is 2.00. The zero-order valence-corrected chi connectivity index (χ0v) is 10.1. The molecule has 0 bridgehead atoms. The van der Waals surface area contributed by atoms with Crippen LogP contribution in [0.25, 0.3) is 10.8 Å². The molecule has 0 amide bonds. The monoisotopic (exact) mass is 217 g/mol. The Labute approximate surface area is 95.3 Å². The minimum atomic E-state index is -0.149. The highest BCUT2D eigenvalue weighted by Crippen LogP contribution is 2.31. The zero-order chi connectivity index (χ0) is 11.9. The number of fused-ring (bicyclic) bond motifs is 1. The second-order valence-electron chi connectivity index (χ2n) is 5.21. The first kappa shape index (κ1) is 11.1. The van der Waals surface area contributed by atoms with E-state index in [-0.39, 0.29) is 11.2 Å². The van der Waals surface area contributed by atoms with Crippen molar-refractivity contribution >= 4 is 10.8 Å². The molecule has 2 rings (SSSR count). The van der Waals surface area contributed by atoms with Crippen molar-refractivity contribution in [2.24, 2.45) is 0 Å². The van der Waals surface area contributed by atoms with E-state index in [1.165, 1.54) is 6.07 Å². The molecule has 1 nitrogen and oxygen atoms in total. The summed E-state index contributed by atoms with van der Waals surface area (Å²) in [6, 6.07) is 3.30. The van der Waals surface area contributed by atoms with Crippen molar-refractivity contribution in [3.05, 3.63) is 41.5 Å². The Hall–Kier alpha value is -1.44. The highest BCUT2D eigenvalue weighted by molar-refractivity contribution is 5.88. The number of aryl methyl sites for hydroxylation is 1. The summed E-state index contributed by atoms with van der Waals surface area (Å²) in [7, 11) is 0. The van der Waals surface area contributed by atoms with E-state index in [2.05, 4.69) is 25.8 Å². The van der Waals surface area contributed by atoms with Crippen molar-refractivity contribution in [3.8, 4) is 0 Å². The molecular formula is C14H16FN. The van der Waals surface area contributed by atoms with Gasteiger partial charge in [-0.3, -0.25) is 4.98 Å². The molecule has 0 N–H and O–H groups in total. The van der Waals surface area contributed by atoms with Crippen molar-refractivity contribution < 1.29 is 4.39 Å². The van der Waals surface area contributed by atoms with Crippen molar-refractivity contribution in [3.63, 3.8) is 0 Å². The van der Waals surface area contributed by atoms with Gasteiger partial charge in [-0.05, 0) is 41.0 Å². The van der Waals surface area contributed by atoms with E-state index in [4.69, 9.17) is 0 Å². The van der Waals surface area contributed by atoms with Crippen molar-refractivity contribution in [1.82, 2.24) is 4.98 Å². The maximum absolute atomic E-state index is 13.6. The van der Waals surface area contributed by atoms with E-state index in [0.29, 0.717) is 5.56 Å². The lowest BCUT2D eigenvalue weighted by Crippen LogP contribution is -2.12. The molecule has 1 aromatic carbocycles. The van der Waals surface area contributed by atoms with Crippen LogP contribution in [0, 0.1) is 12.7 Å². The molecule has 0 radical (unpaired) electrons. The van der Waals surface area contributed by atoms with E-state index in [9.17, 15) is 4.39 Å². The fourth-order valence-corrected chi connectivity index (χ4v) is 2.00. The summed E-state index contributed by atoms with van der Waals surface area (Å²) in [5.41, 5.74) is 1.79. The molecule has 1 heterocycles. The van der Waals surface area contributed by atoms with Crippen LogP contribution in [-0.2, 0) is 5.41 Å². The van der Waals surface area contributed by atoms with Gasteiger partial charge in [-0.15, -0.1) is 0 Å². The summed E-state index contributed by atoms with van der Waals surface area (Å²) in [4.78, 5) is 4.23. The van der Waals surface area contributed by atoms with Gasteiger partial charge in [0.05, 0.1) is 0 Å². The largest absolute Gasteiger partial charge is 0.264 e. The summed E-state index contributed by atoms with van der Waals surface area (Å²) < 4.78 is 13.6. The molecule has 0 aliphatic carbocycles. The highest BCUT2D eigenvalue weighted by atomic mass is 19.1. The van der Waals surface area contributed by atoms with Crippen LogP contribution in [0.3, 0.4) is 0 Å². The number of benzene rings is 1. The average molecular weight is 217 g/mol. The third kappa shape index (κ3) is 1.69. The molecule has 0 aliphatic rings. The Morgan fingerprint density at radius 3 is 2.44 bits per heavy atom. The van der Waals surface area contributed by atoms with E-state index < -0.39 is 0 Å². The standard InChI is InChI=1S/C14H16FN/c1-9-12(15)6-5-10-7-16-8-11(13(9)10)14(2,3)4/h5-8H,1-4H3. The number of pyridine rings is 1. The summed E-state index contributed by atoms with van der Waals surface area (Å²) in [6.07, 6.45) is 3.63. The van der Waals surface area contributed by atoms with Gasteiger partial charge >= 0.3 is 0 Å². The van der Waals surface area contributed by atoms with Crippen LogP contribution in [0.4, 0.5) is 4.39 Å². The lowest BCUT2D eigenvalue weighted by atomic mass is 9.84. The van der Waals surface area contributed by atoms with Gasteiger partial charge in [0.1, 0.15) is 5.82 Å². The molecule has 1 aromatic heterocycles. The van der Waals surface area contributed by atoms with Crippen LogP contribution in [0.15, 0.2) is 24.5 Å². The average Bonchev–Trinajstić information content (AvgIpc) is 2.21. The minimum absolute atomic E-state index is 0.0228. The molecule has 0 unspecified atom stereocenters. The van der Waals surface area contributed by atoms with Crippen LogP contribution >= 0.6 is 0 Å². The third-order valence-electron chi connectivity index (χ3n) is 2.93. The van der Waals surface area contributed by atoms with Gasteiger partial charge in [-0.2, -0.15) is 0 Å². The van der Waals surface area contributed by atoms with Gasteiger partial charge in [0.2, 0.25) is 0 Å². The summed E-state index contributed by atoms with van der Waals surface area (Å²) in [5.74, 6) is -0.149. The Morgan fingerprint density at radius 1 is 1.12 bits per heavy atom. The molecule has 16 heavy (non-hydrogen) atoms. The van der Waals surface area contributed by atoms with Crippen LogP contribution < -0.4 is 0 Å². The number of halogens is 1. The highest BCUT2D eigenvalue weighted by Gasteiger charge is 2.19. The molecule has 0 saturated carbocycles. The molecule has 84 valence electrons. The van der Waals surface area contributed by atoms with Crippen molar-refractivity contribution in [1.29, 1.82) is 0 Å². The van der Waals surface area contributed by atoms with Gasteiger partial charge in [-0.1, -0.05) is 20.8 Å². The van der Waals surface area contributed by atoms with E-state index in [1.54, 1.807) is 12.3 Å². The molecule has 0 atom stereocenters. The van der Waals surface area contributed by atoms with Crippen molar-refractivity contribution in [2.75, 3.05) is 0 Å². The van der Waals surface area contributed by atoms with Crippen LogP contribution in [0.5, 0.6) is 0 Å². The predicted molar refractivity (Wildman–Crippen MR) is 65.1 cm³/mol. The van der Waals surface area contributed by atoms with Crippen LogP contribution in [-0.4, -0.2) is 4.98 Å². The molecule has 0 aliphatic heterocycles. The Morgan fingerprint density at radius 2 is 1.81 bits per heavy atom. The molecular weight excluding hydrogens is 201 g/mol. The third-order valence-corrected chi connectivity index (χ3v) is 2.93. The molecule has 0 fully saturated rings. The molecule has 0 saturated heterocycles. The van der Waals surface area contributed by atoms with Crippen LogP contribution in [0.2, 0.25) is 0 Å². The predicted octanol–water partition coefficient (Wildman–Crippen LogP) is 3.98. The number of hydrogen-bond donors (Lipinski definition) is 0. The maximum Gasteiger partial charge on any atom is 0.126 e. The van der Waals surface area contributed by atoms with Gasteiger partial charge in [0.15, 0.2) is 0 Å². The van der Waals surface area contributed by atoms with Gasteiger partial charge in [0, 0.05) is 17.8 Å². The second kappa shape index (κ2) is 3.55. The normalized spacial score (nSPS) is 12.1. The SMILES string of the molecule is Cc1c(F)ccc2cncc(C(C)(C)C)c12. The van der Waals surface area contributed by atoms with E-state index >= 15 is 0 Å². The lowest BCUT2D eigenvalue weighted by Gasteiger charge is -2.21. The number of nitrogens with zero attached hydrogens (tertiary/aromatic N) is 1.